The van der Waals surface area contributed by atoms with E-state index in [1.54, 1.807) is 18.4 Å². The van der Waals surface area contributed by atoms with E-state index in [-0.39, 0.29) is 5.57 Å². The first-order valence-corrected chi connectivity index (χ1v) is 5.08. The van der Waals surface area contributed by atoms with Gasteiger partial charge in [0.2, 0.25) is 0 Å². The molecule has 1 atom stereocenters. The highest BCUT2D eigenvalue weighted by Crippen LogP contribution is 2.37. The molecule has 0 aromatic rings. The third-order valence-electron chi connectivity index (χ3n) is 2.79. The summed E-state index contributed by atoms with van der Waals surface area (Å²) in [6, 6.07) is 1.73. The highest BCUT2D eigenvalue weighted by Gasteiger charge is 2.41. The minimum Gasteiger partial charge on any atom is -0.366 e. The average Bonchev–Trinajstić information content (AvgIpc) is 2.37. The van der Waals surface area contributed by atoms with Crippen LogP contribution in [-0.4, -0.2) is 18.7 Å². The summed E-state index contributed by atoms with van der Waals surface area (Å²) >= 11 is 0. The van der Waals surface area contributed by atoms with Crippen molar-refractivity contribution in [3.05, 3.63) is 35.3 Å². The van der Waals surface area contributed by atoms with Crippen molar-refractivity contribution in [2.75, 3.05) is 6.67 Å². The van der Waals surface area contributed by atoms with E-state index in [0.29, 0.717) is 12.4 Å². The number of halogens is 1. The van der Waals surface area contributed by atoms with Gasteiger partial charge in [-0.3, -0.25) is 9.79 Å². The van der Waals surface area contributed by atoms with Gasteiger partial charge in [0.25, 0.3) is 0 Å². The zero-order chi connectivity index (χ0) is 12.5. The number of carbonyl (C=O) groups excluding carboxylic acids is 1. The molecule has 0 saturated carbocycles. The SMILES string of the molecule is CC1(C#N)C(=O)C=CC(C2=CC=NCN2)=C1F. The van der Waals surface area contributed by atoms with Gasteiger partial charge in [0.15, 0.2) is 11.2 Å². The Balaban J connectivity index is 2.51. The molecular weight excluding hydrogens is 221 g/mol. The molecule has 2 aliphatic rings. The number of hydrogen-bond donors (Lipinski definition) is 1. The number of nitrogens with zero attached hydrogens (tertiary/aromatic N) is 2. The smallest absolute Gasteiger partial charge is 0.182 e. The van der Waals surface area contributed by atoms with Crippen molar-refractivity contribution in [1.82, 2.24) is 5.32 Å². The van der Waals surface area contributed by atoms with Gasteiger partial charge in [0.05, 0.1) is 6.07 Å². The van der Waals surface area contributed by atoms with Gasteiger partial charge in [-0.2, -0.15) is 5.26 Å². The molecule has 17 heavy (non-hydrogen) atoms. The first-order valence-electron chi connectivity index (χ1n) is 5.08. The predicted octanol–water partition coefficient (Wildman–Crippen LogP) is 1.39. The molecule has 1 aliphatic carbocycles. The molecule has 0 radical (unpaired) electrons. The topological polar surface area (TPSA) is 65.2 Å². The van der Waals surface area contributed by atoms with Crippen molar-refractivity contribution in [2.45, 2.75) is 6.92 Å². The van der Waals surface area contributed by atoms with Crippen molar-refractivity contribution in [3.8, 4) is 6.07 Å². The number of ketones is 1. The summed E-state index contributed by atoms with van der Waals surface area (Å²) in [6.07, 6.45) is 5.78. The van der Waals surface area contributed by atoms with Crippen molar-refractivity contribution in [1.29, 1.82) is 5.26 Å². The van der Waals surface area contributed by atoms with E-state index in [0.717, 1.165) is 0 Å². The van der Waals surface area contributed by atoms with E-state index < -0.39 is 17.0 Å². The molecule has 1 heterocycles. The van der Waals surface area contributed by atoms with Crippen LogP contribution in [0.5, 0.6) is 0 Å². The minimum atomic E-state index is -1.72. The number of carbonyl (C=O) groups is 1. The van der Waals surface area contributed by atoms with Gasteiger partial charge >= 0.3 is 0 Å². The van der Waals surface area contributed by atoms with E-state index in [4.69, 9.17) is 5.26 Å². The summed E-state index contributed by atoms with van der Waals surface area (Å²) in [5, 5.41) is 11.9. The molecule has 0 saturated heterocycles. The maximum atomic E-state index is 14.2. The Morgan fingerprint density at radius 2 is 2.35 bits per heavy atom. The van der Waals surface area contributed by atoms with E-state index >= 15 is 0 Å². The Bertz CT molecular complexity index is 536. The number of allylic oxidation sites excluding steroid dienone is 4. The van der Waals surface area contributed by atoms with Crippen molar-refractivity contribution in [2.24, 2.45) is 10.4 Å². The largest absolute Gasteiger partial charge is 0.366 e. The molecule has 0 bridgehead atoms. The van der Waals surface area contributed by atoms with Crippen LogP contribution in [0.25, 0.3) is 0 Å². The number of nitrogens with one attached hydrogen (secondary N) is 1. The molecule has 4 nitrogen and oxygen atoms in total. The number of nitriles is 1. The lowest BCUT2D eigenvalue weighted by Gasteiger charge is -2.24. The molecule has 1 unspecified atom stereocenters. The molecule has 0 amide bonds. The van der Waals surface area contributed by atoms with Crippen LogP contribution >= 0.6 is 0 Å². The summed E-state index contributed by atoms with van der Waals surface area (Å²) < 4.78 is 14.2. The molecule has 0 aromatic carbocycles. The quantitative estimate of drug-likeness (QED) is 0.741. The number of hydrogen-bond acceptors (Lipinski definition) is 4. The Hall–Kier alpha value is -2.22. The van der Waals surface area contributed by atoms with Crippen LogP contribution in [0.15, 0.2) is 40.3 Å². The van der Waals surface area contributed by atoms with Gasteiger partial charge in [-0.25, -0.2) is 4.39 Å². The Morgan fingerprint density at radius 3 is 2.94 bits per heavy atom. The Kier molecular flexibility index (Phi) is 2.64. The highest BCUT2D eigenvalue weighted by molar-refractivity contribution is 6.01. The summed E-state index contributed by atoms with van der Waals surface area (Å²) in [7, 11) is 0. The Labute approximate surface area is 97.8 Å². The van der Waals surface area contributed by atoms with Crippen molar-refractivity contribution < 1.29 is 9.18 Å². The first-order chi connectivity index (χ1) is 8.09. The van der Waals surface area contributed by atoms with Gasteiger partial charge in [-0.05, 0) is 25.2 Å². The number of rotatable bonds is 1. The average molecular weight is 231 g/mol. The normalized spacial score (nSPS) is 27.6. The van der Waals surface area contributed by atoms with Crippen LogP contribution in [0.4, 0.5) is 4.39 Å². The van der Waals surface area contributed by atoms with Gasteiger partial charge in [0.1, 0.15) is 12.5 Å². The summed E-state index contributed by atoms with van der Waals surface area (Å²) in [5.74, 6) is -1.26. The lowest BCUT2D eigenvalue weighted by molar-refractivity contribution is -0.119. The first kappa shape index (κ1) is 11.3. The van der Waals surface area contributed by atoms with Gasteiger partial charge in [0, 0.05) is 17.5 Å². The van der Waals surface area contributed by atoms with Crippen LogP contribution in [-0.2, 0) is 4.79 Å². The van der Waals surface area contributed by atoms with E-state index in [1.165, 1.54) is 19.1 Å². The number of aliphatic imine (C=N–C) groups is 1. The van der Waals surface area contributed by atoms with Crippen molar-refractivity contribution in [3.63, 3.8) is 0 Å². The maximum absolute atomic E-state index is 14.2. The molecule has 1 N–H and O–H groups in total. The van der Waals surface area contributed by atoms with Gasteiger partial charge in [-0.1, -0.05) is 0 Å². The molecule has 5 heteroatoms. The van der Waals surface area contributed by atoms with Crippen LogP contribution < -0.4 is 5.32 Å². The third kappa shape index (κ3) is 1.68. The lowest BCUT2D eigenvalue weighted by Crippen LogP contribution is -2.30. The van der Waals surface area contributed by atoms with Gasteiger partial charge in [-0.15, -0.1) is 0 Å². The second-order valence-corrected chi connectivity index (χ2v) is 3.91. The fourth-order valence-corrected chi connectivity index (χ4v) is 1.64. The molecule has 0 spiro atoms. The highest BCUT2D eigenvalue weighted by atomic mass is 19.1. The lowest BCUT2D eigenvalue weighted by atomic mass is 9.79. The summed E-state index contributed by atoms with van der Waals surface area (Å²) in [6.45, 7) is 1.64. The zero-order valence-electron chi connectivity index (χ0n) is 9.20. The molecule has 2 rings (SSSR count). The monoisotopic (exact) mass is 231 g/mol. The molecule has 86 valence electrons. The second kappa shape index (κ2) is 3.98. The van der Waals surface area contributed by atoms with E-state index in [2.05, 4.69) is 10.3 Å². The molecular formula is C12H10FN3O. The summed E-state index contributed by atoms with van der Waals surface area (Å²) in [4.78, 5) is 15.4. The van der Waals surface area contributed by atoms with Crippen LogP contribution in [0.2, 0.25) is 0 Å². The minimum absolute atomic E-state index is 0.236. The predicted molar refractivity (Wildman–Crippen MR) is 60.6 cm³/mol. The zero-order valence-corrected chi connectivity index (χ0v) is 9.20. The fourth-order valence-electron chi connectivity index (χ4n) is 1.64. The van der Waals surface area contributed by atoms with Crippen LogP contribution in [0.3, 0.4) is 0 Å². The van der Waals surface area contributed by atoms with Crippen LogP contribution in [0.1, 0.15) is 6.92 Å². The van der Waals surface area contributed by atoms with Crippen molar-refractivity contribution >= 4 is 12.0 Å². The fraction of sp³-hybridized carbons (Fsp3) is 0.250. The third-order valence-corrected chi connectivity index (χ3v) is 2.79. The second-order valence-electron chi connectivity index (χ2n) is 3.91. The summed E-state index contributed by atoms with van der Waals surface area (Å²) in [5.41, 5.74) is -0.955. The van der Waals surface area contributed by atoms with Crippen LogP contribution in [0, 0.1) is 16.7 Å². The standard InChI is InChI=1S/C12H10FN3O/c1-12(6-14)10(17)3-2-8(11(12)13)9-4-5-15-7-16-9/h2-5,16H,7H2,1H3. The Morgan fingerprint density at radius 1 is 1.59 bits per heavy atom. The molecule has 0 aromatic heterocycles. The molecule has 1 aliphatic heterocycles. The van der Waals surface area contributed by atoms with E-state index in [9.17, 15) is 9.18 Å². The van der Waals surface area contributed by atoms with Gasteiger partial charge < -0.3 is 5.32 Å². The maximum Gasteiger partial charge on any atom is 0.182 e. The molecule has 0 fully saturated rings. The van der Waals surface area contributed by atoms with E-state index in [1.807, 2.05) is 0 Å².